The molecule has 0 bridgehead atoms. The summed E-state index contributed by atoms with van der Waals surface area (Å²) >= 11 is 0. The van der Waals surface area contributed by atoms with Crippen LogP contribution in [0.5, 0.6) is 5.75 Å². The van der Waals surface area contributed by atoms with E-state index >= 15 is 0 Å². The second-order valence-electron chi connectivity index (χ2n) is 5.58. The highest BCUT2D eigenvalue weighted by atomic mass is 35.5. The number of hydrogen-bond donors (Lipinski definition) is 1. The number of aryl methyl sites for hydroxylation is 1. The lowest BCUT2D eigenvalue weighted by Crippen LogP contribution is -3.00. The minimum absolute atomic E-state index is 0. The topological polar surface area (TPSA) is 21.3 Å². The van der Waals surface area contributed by atoms with E-state index in [1.807, 2.05) is 6.07 Å². The van der Waals surface area contributed by atoms with Crippen LogP contribution in [-0.4, -0.2) is 6.04 Å². The van der Waals surface area contributed by atoms with Gasteiger partial charge in [-0.1, -0.05) is 42.0 Å². The van der Waals surface area contributed by atoms with Gasteiger partial charge in [-0.05, 0) is 43.0 Å². The molecule has 0 spiro atoms. The summed E-state index contributed by atoms with van der Waals surface area (Å²) < 4.78 is 5.87. The molecule has 0 aliphatic heterocycles. The molecule has 2 aromatic carbocycles. The maximum atomic E-state index is 5.87. The van der Waals surface area contributed by atoms with Gasteiger partial charge in [-0.15, -0.1) is 0 Å². The molecule has 2 aromatic rings. The molecule has 1 saturated carbocycles. The van der Waals surface area contributed by atoms with Gasteiger partial charge >= 0.3 is 0 Å². The van der Waals surface area contributed by atoms with E-state index in [0.29, 0.717) is 6.61 Å². The fourth-order valence-corrected chi connectivity index (χ4v) is 2.15. The van der Waals surface area contributed by atoms with Gasteiger partial charge in [0.05, 0.1) is 0 Å². The Bertz CT molecular complexity index is 564. The van der Waals surface area contributed by atoms with Gasteiger partial charge in [0.1, 0.15) is 12.4 Å². The van der Waals surface area contributed by atoms with E-state index in [1.165, 1.54) is 29.5 Å². The lowest BCUT2D eigenvalue weighted by atomic mass is 10.2. The Morgan fingerprint density at radius 2 is 1.81 bits per heavy atom. The van der Waals surface area contributed by atoms with E-state index in [1.54, 1.807) is 0 Å². The van der Waals surface area contributed by atoms with Gasteiger partial charge in [-0.2, -0.15) is 0 Å². The number of nitrogens with one attached hydrogen (secondary N) is 1. The average molecular weight is 303 g/mol. The monoisotopic (exact) mass is 302 g/mol. The lowest BCUT2D eigenvalue weighted by molar-refractivity contribution is -0.00000456. The first kappa shape index (κ1) is 15.9. The molecule has 0 aromatic heterocycles. The van der Waals surface area contributed by atoms with Crippen LogP contribution in [0.25, 0.3) is 0 Å². The fourth-order valence-electron chi connectivity index (χ4n) is 2.15. The maximum absolute atomic E-state index is 5.87. The molecule has 1 aliphatic rings. The Morgan fingerprint density at radius 3 is 2.52 bits per heavy atom. The third kappa shape index (κ3) is 5.07. The second-order valence-corrected chi connectivity index (χ2v) is 5.58. The average Bonchev–Trinajstić information content (AvgIpc) is 3.29. The summed E-state index contributed by atoms with van der Waals surface area (Å²) in [5.74, 6) is 0.945. The van der Waals surface area contributed by atoms with Gasteiger partial charge in [-0.3, -0.25) is 0 Å². The first-order chi connectivity index (χ1) is 9.79. The molecule has 3 rings (SSSR count). The van der Waals surface area contributed by atoms with Crippen molar-refractivity contribution in [2.24, 2.45) is 0 Å². The highest BCUT2D eigenvalue weighted by Crippen LogP contribution is 2.20. The predicted molar refractivity (Wildman–Crippen MR) is 81.8 cm³/mol. The van der Waals surface area contributed by atoms with Crippen LogP contribution in [0.1, 0.15) is 29.5 Å². The Hall–Kier alpha value is -1.51. The standard InChI is InChI=1S/C18H21NO.ClH/c1-14-5-7-15(8-6-14)13-20-18-4-2-3-16(11-18)12-19-17-9-10-17;/h2-8,11,17,19H,9-10,12-13H2,1H3;1H/p-1. The smallest absolute Gasteiger partial charge is 0.120 e. The van der Waals surface area contributed by atoms with E-state index < -0.39 is 0 Å². The van der Waals surface area contributed by atoms with Crippen molar-refractivity contribution in [2.45, 2.75) is 39.0 Å². The highest BCUT2D eigenvalue weighted by Gasteiger charge is 2.19. The van der Waals surface area contributed by atoms with Crippen LogP contribution in [0.15, 0.2) is 48.5 Å². The summed E-state index contributed by atoms with van der Waals surface area (Å²) in [6.07, 6.45) is 2.65. The van der Waals surface area contributed by atoms with Crippen LogP contribution >= 0.6 is 0 Å². The summed E-state index contributed by atoms with van der Waals surface area (Å²) in [7, 11) is 0. The first-order valence-electron chi connectivity index (χ1n) is 7.30. The largest absolute Gasteiger partial charge is 1.00 e. The van der Waals surface area contributed by atoms with Crippen molar-refractivity contribution in [1.29, 1.82) is 0 Å². The van der Waals surface area contributed by atoms with Gasteiger partial charge in [0, 0.05) is 12.6 Å². The molecule has 0 radical (unpaired) electrons. The van der Waals surface area contributed by atoms with Gasteiger partial charge in [0.2, 0.25) is 0 Å². The molecule has 0 atom stereocenters. The Kier molecular flexibility index (Phi) is 5.66. The molecule has 1 N–H and O–H groups in total. The van der Waals surface area contributed by atoms with Crippen LogP contribution in [-0.2, 0) is 13.2 Å². The van der Waals surface area contributed by atoms with Gasteiger partial charge in [0.25, 0.3) is 0 Å². The molecular weight excluding hydrogens is 282 g/mol. The molecule has 0 saturated heterocycles. The van der Waals surface area contributed by atoms with Crippen molar-refractivity contribution in [3.63, 3.8) is 0 Å². The minimum atomic E-state index is 0. The molecule has 2 nitrogen and oxygen atoms in total. The molecule has 0 unspecified atom stereocenters. The van der Waals surface area contributed by atoms with Crippen LogP contribution in [0.2, 0.25) is 0 Å². The van der Waals surface area contributed by atoms with E-state index in [9.17, 15) is 0 Å². The molecular formula is C18H21ClNO-. The third-order valence-corrected chi connectivity index (χ3v) is 3.60. The normalized spacial score (nSPS) is 13.6. The zero-order chi connectivity index (χ0) is 13.8. The Balaban J connectivity index is 0.00000161. The second kappa shape index (κ2) is 7.48. The number of halogens is 1. The summed E-state index contributed by atoms with van der Waals surface area (Å²) in [6, 6.07) is 17.6. The minimum Gasteiger partial charge on any atom is -1.00 e. The maximum Gasteiger partial charge on any atom is 0.120 e. The van der Waals surface area contributed by atoms with Crippen molar-refractivity contribution >= 4 is 0 Å². The molecule has 3 heteroatoms. The highest BCUT2D eigenvalue weighted by molar-refractivity contribution is 5.29. The van der Waals surface area contributed by atoms with Crippen LogP contribution in [0.3, 0.4) is 0 Å². The van der Waals surface area contributed by atoms with E-state index in [4.69, 9.17) is 4.74 Å². The van der Waals surface area contributed by atoms with E-state index in [2.05, 4.69) is 54.7 Å². The van der Waals surface area contributed by atoms with Crippen molar-refractivity contribution in [2.75, 3.05) is 0 Å². The number of rotatable bonds is 6. The van der Waals surface area contributed by atoms with Crippen LogP contribution in [0, 0.1) is 6.92 Å². The summed E-state index contributed by atoms with van der Waals surface area (Å²) in [6.45, 7) is 3.66. The van der Waals surface area contributed by atoms with Crippen LogP contribution in [0.4, 0.5) is 0 Å². The van der Waals surface area contributed by atoms with Crippen molar-refractivity contribution in [3.05, 3.63) is 65.2 Å². The molecule has 1 fully saturated rings. The van der Waals surface area contributed by atoms with Crippen molar-refractivity contribution in [1.82, 2.24) is 5.32 Å². The molecule has 0 amide bonds. The third-order valence-electron chi connectivity index (χ3n) is 3.60. The summed E-state index contributed by atoms with van der Waals surface area (Å²) in [5.41, 5.74) is 3.78. The molecule has 21 heavy (non-hydrogen) atoms. The van der Waals surface area contributed by atoms with Gasteiger partial charge in [0.15, 0.2) is 0 Å². The van der Waals surface area contributed by atoms with Crippen molar-refractivity contribution < 1.29 is 17.1 Å². The van der Waals surface area contributed by atoms with Crippen LogP contribution < -0.4 is 22.5 Å². The number of hydrogen-bond acceptors (Lipinski definition) is 2. The molecule has 112 valence electrons. The summed E-state index contributed by atoms with van der Waals surface area (Å²) in [4.78, 5) is 0. The summed E-state index contributed by atoms with van der Waals surface area (Å²) in [5, 5.41) is 3.52. The van der Waals surface area contributed by atoms with Gasteiger partial charge in [-0.25, -0.2) is 0 Å². The Labute approximate surface area is 132 Å². The predicted octanol–water partition coefficient (Wildman–Crippen LogP) is 0.830. The number of ether oxygens (including phenoxy) is 1. The molecule has 0 heterocycles. The van der Waals surface area contributed by atoms with E-state index in [-0.39, 0.29) is 12.4 Å². The SMILES string of the molecule is Cc1ccc(COc2cccc(CNC3CC3)c2)cc1.[Cl-]. The van der Waals surface area contributed by atoms with Gasteiger partial charge < -0.3 is 22.5 Å². The zero-order valence-corrected chi connectivity index (χ0v) is 13.1. The van der Waals surface area contributed by atoms with Crippen molar-refractivity contribution in [3.8, 4) is 5.75 Å². The zero-order valence-electron chi connectivity index (χ0n) is 12.3. The first-order valence-corrected chi connectivity index (χ1v) is 7.30. The van der Waals surface area contributed by atoms with E-state index in [0.717, 1.165) is 18.3 Å². The molecule has 1 aliphatic carbocycles. The lowest BCUT2D eigenvalue weighted by Gasteiger charge is -2.09. The fraction of sp³-hybridized carbons (Fsp3) is 0.333. The number of benzene rings is 2. The Morgan fingerprint density at radius 1 is 1.05 bits per heavy atom. The quantitative estimate of drug-likeness (QED) is 0.853.